The van der Waals surface area contributed by atoms with Crippen LogP contribution in [-0.2, 0) is 9.59 Å². The zero-order valence-electron chi connectivity index (χ0n) is 11.5. The average Bonchev–Trinajstić information content (AvgIpc) is 2.44. The number of aliphatic carboxylic acids is 1. The molecule has 0 atom stereocenters. The predicted octanol–water partition coefficient (Wildman–Crippen LogP) is 2.08. The van der Waals surface area contributed by atoms with E-state index in [9.17, 15) is 9.59 Å². The summed E-state index contributed by atoms with van der Waals surface area (Å²) in [5, 5.41) is 10.7. The van der Waals surface area contributed by atoms with Gasteiger partial charge in [0.15, 0.2) is 0 Å². The molecule has 0 aliphatic heterocycles. The molecule has 5 heteroatoms. The van der Waals surface area contributed by atoms with E-state index in [-0.39, 0.29) is 0 Å². The Labute approximate surface area is 118 Å². The zero-order chi connectivity index (χ0) is 14.8. The van der Waals surface area contributed by atoms with Crippen LogP contribution in [0.15, 0.2) is 30.3 Å². The summed E-state index contributed by atoms with van der Waals surface area (Å²) in [6.45, 7) is 2.33. The van der Waals surface area contributed by atoms with E-state index in [0.29, 0.717) is 12.4 Å². The number of carboxylic acids is 1. The van der Waals surface area contributed by atoms with Gasteiger partial charge < -0.3 is 15.2 Å². The number of ether oxygens (including phenoxy) is 1. The van der Waals surface area contributed by atoms with Gasteiger partial charge in [-0.2, -0.15) is 0 Å². The van der Waals surface area contributed by atoms with Gasteiger partial charge in [0.05, 0.1) is 6.61 Å². The summed E-state index contributed by atoms with van der Waals surface area (Å²) in [6.07, 6.45) is 4.93. The van der Waals surface area contributed by atoms with Crippen molar-refractivity contribution in [3.8, 4) is 5.75 Å². The van der Waals surface area contributed by atoms with Crippen molar-refractivity contribution in [2.24, 2.45) is 0 Å². The van der Waals surface area contributed by atoms with E-state index >= 15 is 0 Å². The topological polar surface area (TPSA) is 75.6 Å². The summed E-state index contributed by atoms with van der Waals surface area (Å²) in [6, 6.07) is 7.39. The van der Waals surface area contributed by atoms with Crippen molar-refractivity contribution >= 4 is 18.0 Å². The lowest BCUT2D eigenvalue weighted by atomic mass is 10.2. The van der Waals surface area contributed by atoms with Gasteiger partial charge in [-0.15, -0.1) is 0 Å². The van der Waals surface area contributed by atoms with Crippen molar-refractivity contribution in [2.75, 3.05) is 13.2 Å². The minimum atomic E-state index is -1.07. The smallest absolute Gasteiger partial charge is 0.322 e. The van der Waals surface area contributed by atoms with Crippen LogP contribution in [0.1, 0.15) is 25.3 Å². The first-order valence-electron chi connectivity index (χ1n) is 6.53. The second-order valence-electron chi connectivity index (χ2n) is 4.18. The molecule has 0 bridgehead atoms. The summed E-state index contributed by atoms with van der Waals surface area (Å²) in [5.41, 5.74) is 0.786. The zero-order valence-corrected chi connectivity index (χ0v) is 11.5. The van der Waals surface area contributed by atoms with Gasteiger partial charge in [-0.1, -0.05) is 31.5 Å². The number of unbranched alkanes of at least 4 members (excludes halogenated alkanes) is 1. The van der Waals surface area contributed by atoms with Crippen LogP contribution in [0.3, 0.4) is 0 Å². The van der Waals surface area contributed by atoms with Crippen LogP contribution in [-0.4, -0.2) is 30.1 Å². The number of carbonyl (C=O) groups excluding carboxylic acids is 1. The second-order valence-corrected chi connectivity index (χ2v) is 4.18. The van der Waals surface area contributed by atoms with E-state index in [1.54, 1.807) is 6.08 Å². The fourth-order valence-electron chi connectivity index (χ4n) is 1.46. The molecule has 0 aromatic heterocycles. The second kappa shape index (κ2) is 8.74. The lowest BCUT2D eigenvalue weighted by molar-refractivity contribution is -0.137. The first-order chi connectivity index (χ1) is 9.63. The van der Waals surface area contributed by atoms with E-state index in [1.807, 2.05) is 24.3 Å². The highest BCUT2D eigenvalue weighted by molar-refractivity contribution is 5.93. The third kappa shape index (κ3) is 6.04. The van der Waals surface area contributed by atoms with Gasteiger partial charge >= 0.3 is 5.97 Å². The standard InChI is InChI=1S/C15H19NO4/c1-2-3-10-20-13-7-5-4-6-12(13)8-9-14(17)16-11-15(18)19/h4-9H,2-3,10-11H2,1H3,(H,16,17)(H,18,19). The van der Waals surface area contributed by atoms with E-state index in [1.165, 1.54) is 6.08 Å². The Hall–Kier alpha value is -2.30. The molecule has 108 valence electrons. The molecular weight excluding hydrogens is 258 g/mol. The van der Waals surface area contributed by atoms with Crippen LogP contribution >= 0.6 is 0 Å². The number of amides is 1. The van der Waals surface area contributed by atoms with Crippen LogP contribution in [0, 0.1) is 0 Å². The molecule has 0 heterocycles. The number of benzene rings is 1. The molecule has 0 radical (unpaired) electrons. The van der Waals surface area contributed by atoms with Crippen LogP contribution in [0.4, 0.5) is 0 Å². The number of carbonyl (C=O) groups is 2. The first-order valence-corrected chi connectivity index (χ1v) is 6.53. The SMILES string of the molecule is CCCCOc1ccccc1C=CC(=O)NCC(=O)O. The lowest BCUT2D eigenvalue weighted by Crippen LogP contribution is -2.27. The van der Waals surface area contributed by atoms with Gasteiger partial charge in [-0.05, 0) is 18.6 Å². The fraction of sp³-hybridized carbons (Fsp3) is 0.333. The molecule has 2 N–H and O–H groups in total. The van der Waals surface area contributed by atoms with Crippen LogP contribution < -0.4 is 10.1 Å². The van der Waals surface area contributed by atoms with Crippen molar-refractivity contribution in [3.63, 3.8) is 0 Å². The molecule has 0 fully saturated rings. The summed E-state index contributed by atoms with van der Waals surface area (Å²) < 4.78 is 5.63. The Bertz CT molecular complexity index is 483. The Balaban J connectivity index is 2.61. The number of nitrogens with one attached hydrogen (secondary N) is 1. The molecule has 0 aliphatic carbocycles. The molecule has 0 saturated heterocycles. The highest BCUT2D eigenvalue weighted by Crippen LogP contribution is 2.19. The minimum absolute atomic E-state index is 0.391. The number of hydrogen-bond donors (Lipinski definition) is 2. The van der Waals surface area contributed by atoms with Gasteiger partial charge in [-0.3, -0.25) is 9.59 Å². The molecule has 0 saturated carbocycles. The Morgan fingerprint density at radius 1 is 1.35 bits per heavy atom. The molecule has 1 rings (SSSR count). The van der Waals surface area contributed by atoms with E-state index in [0.717, 1.165) is 18.4 Å². The third-order valence-corrected chi connectivity index (χ3v) is 2.50. The largest absolute Gasteiger partial charge is 0.493 e. The number of carboxylic acid groups (broad SMARTS) is 1. The van der Waals surface area contributed by atoms with Crippen molar-refractivity contribution in [1.29, 1.82) is 0 Å². The summed E-state index contributed by atoms with van der Waals surface area (Å²) >= 11 is 0. The van der Waals surface area contributed by atoms with Crippen LogP contribution in [0.5, 0.6) is 5.75 Å². The van der Waals surface area contributed by atoms with E-state index in [4.69, 9.17) is 9.84 Å². The molecule has 5 nitrogen and oxygen atoms in total. The number of para-hydroxylation sites is 1. The van der Waals surface area contributed by atoms with Crippen LogP contribution in [0.2, 0.25) is 0 Å². The number of rotatable bonds is 8. The number of hydrogen-bond acceptors (Lipinski definition) is 3. The van der Waals surface area contributed by atoms with Gasteiger partial charge in [0.25, 0.3) is 0 Å². The quantitative estimate of drug-likeness (QED) is 0.563. The van der Waals surface area contributed by atoms with Gasteiger partial charge in [0.2, 0.25) is 5.91 Å². The minimum Gasteiger partial charge on any atom is -0.493 e. The summed E-state index contributed by atoms with van der Waals surface area (Å²) in [5.74, 6) is -0.811. The Kier molecular flexibility index (Phi) is 6.89. The summed E-state index contributed by atoms with van der Waals surface area (Å²) in [4.78, 5) is 21.7. The van der Waals surface area contributed by atoms with E-state index in [2.05, 4.69) is 12.2 Å². The van der Waals surface area contributed by atoms with Crippen molar-refractivity contribution < 1.29 is 19.4 Å². The normalized spacial score (nSPS) is 10.4. The molecule has 0 aliphatic rings. The summed E-state index contributed by atoms with van der Waals surface area (Å²) in [7, 11) is 0. The lowest BCUT2D eigenvalue weighted by Gasteiger charge is -2.08. The maximum Gasteiger partial charge on any atom is 0.322 e. The van der Waals surface area contributed by atoms with Crippen LogP contribution in [0.25, 0.3) is 6.08 Å². The van der Waals surface area contributed by atoms with Crippen molar-refractivity contribution in [1.82, 2.24) is 5.32 Å². The van der Waals surface area contributed by atoms with Gasteiger partial charge in [-0.25, -0.2) is 0 Å². The Morgan fingerprint density at radius 3 is 2.80 bits per heavy atom. The molecular formula is C15H19NO4. The molecule has 20 heavy (non-hydrogen) atoms. The van der Waals surface area contributed by atoms with Crippen molar-refractivity contribution in [2.45, 2.75) is 19.8 Å². The molecule has 1 aromatic carbocycles. The fourth-order valence-corrected chi connectivity index (χ4v) is 1.46. The molecule has 0 spiro atoms. The average molecular weight is 277 g/mol. The predicted molar refractivity (Wildman–Crippen MR) is 76.5 cm³/mol. The first kappa shape index (κ1) is 15.8. The van der Waals surface area contributed by atoms with Gasteiger partial charge in [0, 0.05) is 11.6 Å². The highest BCUT2D eigenvalue weighted by atomic mass is 16.5. The Morgan fingerprint density at radius 2 is 2.10 bits per heavy atom. The molecule has 1 aromatic rings. The molecule has 1 amide bonds. The highest BCUT2D eigenvalue weighted by Gasteiger charge is 2.02. The third-order valence-electron chi connectivity index (χ3n) is 2.50. The monoisotopic (exact) mass is 277 g/mol. The molecule has 0 unspecified atom stereocenters. The maximum absolute atomic E-state index is 11.4. The van der Waals surface area contributed by atoms with Crippen molar-refractivity contribution in [3.05, 3.63) is 35.9 Å². The van der Waals surface area contributed by atoms with Gasteiger partial charge in [0.1, 0.15) is 12.3 Å². The van der Waals surface area contributed by atoms with E-state index < -0.39 is 18.4 Å². The maximum atomic E-state index is 11.4.